The van der Waals surface area contributed by atoms with E-state index < -0.39 is 6.09 Å². The molecule has 88 valence electrons. The van der Waals surface area contributed by atoms with E-state index in [0.717, 1.165) is 14.5 Å². The number of hydrogen-bond donors (Lipinski definition) is 0. The highest BCUT2D eigenvalue weighted by Crippen LogP contribution is 2.26. The standard InChI is InChI=1S/C12H11IN2O2/c1-15(2)12(16)17-11-7-10-8(6-9(11)13)4-3-5-14-10/h3-7H,1-2H3. The van der Waals surface area contributed by atoms with Gasteiger partial charge in [-0.2, -0.15) is 0 Å². The SMILES string of the molecule is CN(C)C(=O)Oc1cc2ncccc2cc1I. The van der Waals surface area contributed by atoms with Gasteiger partial charge in [-0.05, 0) is 34.7 Å². The number of hydrogen-bond acceptors (Lipinski definition) is 3. The van der Waals surface area contributed by atoms with Crippen LogP contribution in [0.1, 0.15) is 0 Å². The van der Waals surface area contributed by atoms with Crippen LogP contribution >= 0.6 is 22.6 Å². The summed E-state index contributed by atoms with van der Waals surface area (Å²) in [5, 5.41) is 1.03. The molecule has 0 aliphatic heterocycles. The second-order valence-corrected chi connectivity index (χ2v) is 4.90. The molecular formula is C12H11IN2O2. The molecular weight excluding hydrogens is 331 g/mol. The Balaban J connectivity index is 2.41. The Morgan fingerprint density at radius 1 is 1.41 bits per heavy atom. The summed E-state index contributed by atoms with van der Waals surface area (Å²) in [6.45, 7) is 0. The van der Waals surface area contributed by atoms with Crippen LogP contribution in [0.25, 0.3) is 10.9 Å². The largest absolute Gasteiger partial charge is 0.414 e. The molecule has 0 aliphatic rings. The van der Waals surface area contributed by atoms with Gasteiger partial charge < -0.3 is 9.64 Å². The van der Waals surface area contributed by atoms with Crippen molar-refractivity contribution in [3.63, 3.8) is 0 Å². The van der Waals surface area contributed by atoms with Crippen LogP contribution in [0.15, 0.2) is 30.5 Å². The maximum Gasteiger partial charge on any atom is 0.414 e. The molecule has 0 saturated heterocycles. The predicted octanol–water partition coefficient (Wildman–Crippen LogP) is 2.90. The highest BCUT2D eigenvalue weighted by molar-refractivity contribution is 14.1. The molecule has 2 aromatic rings. The molecule has 0 radical (unpaired) electrons. The Morgan fingerprint density at radius 2 is 2.18 bits per heavy atom. The van der Waals surface area contributed by atoms with Crippen LogP contribution in [0.3, 0.4) is 0 Å². The predicted molar refractivity (Wildman–Crippen MR) is 74.2 cm³/mol. The molecule has 0 unspecified atom stereocenters. The van der Waals surface area contributed by atoms with Gasteiger partial charge in [-0.25, -0.2) is 4.79 Å². The van der Waals surface area contributed by atoms with Gasteiger partial charge in [-0.1, -0.05) is 6.07 Å². The van der Waals surface area contributed by atoms with E-state index >= 15 is 0 Å². The number of aromatic nitrogens is 1. The van der Waals surface area contributed by atoms with Gasteiger partial charge in [0.2, 0.25) is 0 Å². The van der Waals surface area contributed by atoms with Crippen LogP contribution in [-0.4, -0.2) is 30.1 Å². The number of rotatable bonds is 1. The summed E-state index contributed by atoms with van der Waals surface area (Å²) in [5.41, 5.74) is 0.814. The number of benzene rings is 1. The Morgan fingerprint density at radius 3 is 2.88 bits per heavy atom. The van der Waals surface area contributed by atoms with Gasteiger partial charge in [0.25, 0.3) is 0 Å². The van der Waals surface area contributed by atoms with Crippen LogP contribution in [-0.2, 0) is 0 Å². The first-order chi connectivity index (χ1) is 8.08. The number of halogens is 1. The summed E-state index contributed by atoms with van der Waals surface area (Å²) in [6.07, 6.45) is 1.32. The summed E-state index contributed by atoms with van der Waals surface area (Å²) in [5.74, 6) is 0.538. The van der Waals surface area contributed by atoms with E-state index in [2.05, 4.69) is 27.6 Å². The van der Waals surface area contributed by atoms with E-state index in [4.69, 9.17) is 4.74 Å². The molecule has 0 atom stereocenters. The van der Waals surface area contributed by atoms with Crippen molar-refractivity contribution in [2.75, 3.05) is 14.1 Å². The monoisotopic (exact) mass is 342 g/mol. The van der Waals surface area contributed by atoms with Gasteiger partial charge in [0.05, 0.1) is 9.09 Å². The molecule has 2 rings (SSSR count). The highest BCUT2D eigenvalue weighted by atomic mass is 127. The molecule has 1 heterocycles. The first-order valence-electron chi connectivity index (χ1n) is 5.01. The minimum Gasteiger partial charge on any atom is -0.409 e. The number of fused-ring (bicyclic) bond motifs is 1. The van der Waals surface area contributed by atoms with E-state index in [1.165, 1.54) is 4.90 Å². The molecule has 0 aliphatic carbocycles. The van der Waals surface area contributed by atoms with Gasteiger partial charge in [-0.3, -0.25) is 4.98 Å². The topological polar surface area (TPSA) is 42.4 Å². The van der Waals surface area contributed by atoms with Gasteiger partial charge >= 0.3 is 6.09 Å². The first-order valence-corrected chi connectivity index (χ1v) is 6.09. The quantitative estimate of drug-likeness (QED) is 0.749. The van der Waals surface area contributed by atoms with Crippen molar-refractivity contribution < 1.29 is 9.53 Å². The second-order valence-electron chi connectivity index (χ2n) is 3.74. The van der Waals surface area contributed by atoms with Crippen molar-refractivity contribution in [3.8, 4) is 5.75 Å². The lowest BCUT2D eigenvalue weighted by atomic mass is 10.2. The lowest BCUT2D eigenvalue weighted by molar-refractivity contribution is 0.171. The van der Waals surface area contributed by atoms with Gasteiger partial charge in [-0.15, -0.1) is 0 Å². The molecule has 1 amide bonds. The zero-order valence-electron chi connectivity index (χ0n) is 9.48. The molecule has 0 N–H and O–H groups in total. The maximum atomic E-state index is 11.5. The second kappa shape index (κ2) is 4.87. The van der Waals surface area contributed by atoms with Crippen molar-refractivity contribution in [3.05, 3.63) is 34.0 Å². The van der Waals surface area contributed by atoms with E-state index in [0.29, 0.717) is 5.75 Å². The van der Waals surface area contributed by atoms with Crippen molar-refractivity contribution in [1.29, 1.82) is 0 Å². The Labute approximate surface area is 113 Å². The summed E-state index contributed by atoms with van der Waals surface area (Å²) in [6, 6.07) is 7.58. The van der Waals surface area contributed by atoms with E-state index in [9.17, 15) is 4.79 Å². The minimum atomic E-state index is -0.391. The number of pyridine rings is 1. The summed E-state index contributed by atoms with van der Waals surface area (Å²) in [7, 11) is 3.29. The molecule has 0 spiro atoms. The Hall–Kier alpha value is -1.37. The average molecular weight is 342 g/mol. The third-order valence-corrected chi connectivity index (χ3v) is 3.06. The van der Waals surface area contributed by atoms with Crippen LogP contribution in [0.5, 0.6) is 5.75 Å². The lowest BCUT2D eigenvalue weighted by Gasteiger charge is -2.12. The number of carbonyl (C=O) groups excluding carboxylic acids is 1. The van der Waals surface area contributed by atoms with Crippen LogP contribution in [0.4, 0.5) is 4.79 Å². The third-order valence-electron chi connectivity index (χ3n) is 2.22. The number of nitrogens with zero attached hydrogens (tertiary/aromatic N) is 2. The van der Waals surface area contributed by atoms with Crippen LogP contribution in [0, 0.1) is 3.57 Å². The summed E-state index contributed by atoms with van der Waals surface area (Å²) >= 11 is 2.14. The molecule has 17 heavy (non-hydrogen) atoms. The normalized spacial score (nSPS) is 10.3. The number of ether oxygens (including phenoxy) is 1. The van der Waals surface area contributed by atoms with Gasteiger partial charge in [0.1, 0.15) is 5.75 Å². The smallest absolute Gasteiger partial charge is 0.409 e. The number of amides is 1. The van der Waals surface area contributed by atoms with Crippen molar-refractivity contribution in [1.82, 2.24) is 9.88 Å². The van der Waals surface area contributed by atoms with Crippen LogP contribution in [0.2, 0.25) is 0 Å². The fraction of sp³-hybridized carbons (Fsp3) is 0.167. The lowest BCUT2D eigenvalue weighted by Crippen LogP contribution is -2.25. The van der Waals surface area contributed by atoms with E-state index in [1.807, 2.05) is 18.2 Å². The van der Waals surface area contributed by atoms with Gasteiger partial charge in [0.15, 0.2) is 0 Å². The first kappa shape index (κ1) is 12.1. The molecule has 4 nitrogen and oxygen atoms in total. The van der Waals surface area contributed by atoms with Crippen LogP contribution < -0.4 is 4.74 Å². The van der Waals surface area contributed by atoms with Crippen molar-refractivity contribution in [2.24, 2.45) is 0 Å². The molecule has 0 saturated carbocycles. The van der Waals surface area contributed by atoms with E-state index in [-0.39, 0.29) is 0 Å². The molecule has 1 aromatic carbocycles. The summed E-state index contributed by atoms with van der Waals surface area (Å²) in [4.78, 5) is 17.1. The average Bonchev–Trinajstić information content (AvgIpc) is 2.29. The fourth-order valence-corrected chi connectivity index (χ4v) is 1.94. The zero-order chi connectivity index (χ0) is 12.4. The van der Waals surface area contributed by atoms with Crippen molar-refractivity contribution >= 4 is 39.6 Å². The Kier molecular flexibility index (Phi) is 3.46. The fourth-order valence-electron chi connectivity index (χ4n) is 1.34. The highest BCUT2D eigenvalue weighted by Gasteiger charge is 2.11. The number of carbonyl (C=O) groups is 1. The maximum absolute atomic E-state index is 11.5. The van der Waals surface area contributed by atoms with E-state index in [1.54, 1.807) is 26.4 Å². The molecule has 1 aromatic heterocycles. The zero-order valence-corrected chi connectivity index (χ0v) is 11.6. The molecule has 0 bridgehead atoms. The van der Waals surface area contributed by atoms with Crippen molar-refractivity contribution in [2.45, 2.75) is 0 Å². The molecule has 0 fully saturated rings. The third kappa shape index (κ3) is 2.66. The molecule has 5 heteroatoms. The Bertz CT molecular complexity index is 569. The van der Waals surface area contributed by atoms with Gasteiger partial charge in [0, 0.05) is 31.7 Å². The summed E-state index contributed by atoms with van der Waals surface area (Å²) < 4.78 is 6.14. The minimum absolute atomic E-state index is 0.391.